The van der Waals surface area contributed by atoms with Crippen LogP contribution in [0.3, 0.4) is 0 Å². The summed E-state index contributed by atoms with van der Waals surface area (Å²) >= 11 is 6.17. The maximum absolute atomic E-state index is 12.8. The van der Waals surface area contributed by atoms with Gasteiger partial charge in [0.05, 0.1) is 11.3 Å². The smallest absolute Gasteiger partial charge is 0.343 e. The molecule has 0 fully saturated rings. The molecule has 0 atom stereocenters. The summed E-state index contributed by atoms with van der Waals surface area (Å²) in [5.74, 6) is -1.20. The Hall–Kier alpha value is -4.42. The van der Waals surface area contributed by atoms with Gasteiger partial charge in [-0.05, 0) is 47.9 Å². The van der Waals surface area contributed by atoms with E-state index >= 15 is 0 Å². The number of carbonyl (C=O) groups excluding carboxylic acids is 3. The largest absolute Gasteiger partial charge is 0.422 e. The van der Waals surface area contributed by atoms with Gasteiger partial charge < -0.3 is 10.1 Å². The molecule has 1 aliphatic rings. The van der Waals surface area contributed by atoms with Gasteiger partial charge in [0.25, 0.3) is 11.8 Å². The molecule has 4 aromatic rings. The van der Waals surface area contributed by atoms with E-state index in [1.165, 1.54) is 0 Å². The lowest BCUT2D eigenvalue weighted by Gasteiger charge is -2.15. The first-order valence-electron chi connectivity index (χ1n) is 10.4. The van der Waals surface area contributed by atoms with Gasteiger partial charge in [-0.15, -0.1) is 0 Å². The minimum absolute atomic E-state index is 0.0263. The SMILES string of the molecule is O=C(Oc1cccc2ccccc12)c1ccc(NC2=C(Cl)C(=O)N(c3ccccc3)C2=O)cc1. The van der Waals surface area contributed by atoms with Crippen molar-refractivity contribution in [3.8, 4) is 5.75 Å². The van der Waals surface area contributed by atoms with Crippen LogP contribution in [-0.2, 0) is 9.59 Å². The molecule has 1 N–H and O–H groups in total. The van der Waals surface area contributed by atoms with Crippen LogP contribution < -0.4 is 15.0 Å². The second kappa shape index (κ2) is 8.84. The van der Waals surface area contributed by atoms with Crippen molar-refractivity contribution in [2.75, 3.05) is 10.2 Å². The van der Waals surface area contributed by atoms with E-state index in [0.29, 0.717) is 22.7 Å². The second-order valence-electron chi connectivity index (χ2n) is 7.54. The van der Waals surface area contributed by atoms with Crippen LogP contribution in [0.2, 0.25) is 0 Å². The fourth-order valence-electron chi connectivity index (χ4n) is 3.70. The molecular formula is C27H17ClN2O4. The van der Waals surface area contributed by atoms with Gasteiger partial charge in [0.2, 0.25) is 0 Å². The summed E-state index contributed by atoms with van der Waals surface area (Å²) in [7, 11) is 0. The van der Waals surface area contributed by atoms with Crippen LogP contribution in [-0.4, -0.2) is 17.8 Å². The third kappa shape index (κ3) is 3.91. The molecule has 5 rings (SSSR count). The van der Waals surface area contributed by atoms with Gasteiger partial charge in [0.15, 0.2) is 0 Å². The van der Waals surface area contributed by atoms with Crippen LogP contribution >= 0.6 is 11.6 Å². The predicted octanol–water partition coefficient (Wildman–Crippen LogP) is 5.49. The zero-order valence-electron chi connectivity index (χ0n) is 17.7. The molecule has 166 valence electrons. The van der Waals surface area contributed by atoms with Crippen molar-refractivity contribution in [1.29, 1.82) is 0 Å². The lowest BCUT2D eigenvalue weighted by atomic mass is 10.1. The summed E-state index contributed by atoms with van der Waals surface area (Å²) in [6, 6.07) is 28.1. The van der Waals surface area contributed by atoms with Gasteiger partial charge >= 0.3 is 5.97 Å². The van der Waals surface area contributed by atoms with E-state index in [1.807, 2.05) is 36.4 Å². The number of carbonyl (C=O) groups is 3. The van der Waals surface area contributed by atoms with Crippen LogP contribution in [0, 0.1) is 0 Å². The van der Waals surface area contributed by atoms with E-state index in [2.05, 4.69) is 5.32 Å². The highest BCUT2D eigenvalue weighted by Gasteiger charge is 2.38. The van der Waals surface area contributed by atoms with Gasteiger partial charge in [0.1, 0.15) is 16.5 Å². The Bertz CT molecular complexity index is 1460. The second-order valence-corrected chi connectivity index (χ2v) is 7.92. The van der Waals surface area contributed by atoms with Crippen molar-refractivity contribution in [2.24, 2.45) is 0 Å². The molecule has 0 aliphatic carbocycles. The number of nitrogens with one attached hydrogen (secondary N) is 1. The number of esters is 1. The van der Waals surface area contributed by atoms with Gasteiger partial charge in [-0.3, -0.25) is 9.59 Å². The van der Waals surface area contributed by atoms with E-state index in [1.54, 1.807) is 60.7 Å². The third-order valence-electron chi connectivity index (χ3n) is 5.38. The number of imide groups is 1. The molecule has 7 heteroatoms. The van der Waals surface area contributed by atoms with Gasteiger partial charge in [-0.1, -0.05) is 66.2 Å². The van der Waals surface area contributed by atoms with E-state index in [-0.39, 0.29) is 10.7 Å². The molecule has 0 radical (unpaired) electrons. The van der Waals surface area contributed by atoms with E-state index in [9.17, 15) is 14.4 Å². The Morgan fingerprint density at radius 3 is 2.21 bits per heavy atom. The molecular weight excluding hydrogens is 452 g/mol. The molecule has 0 spiro atoms. The van der Waals surface area contributed by atoms with E-state index in [4.69, 9.17) is 16.3 Å². The normalized spacial score (nSPS) is 13.5. The minimum Gasteiger partial charge on any atom is -0.422 e. The number of fused-ring (bicyclic) bond motifs is 1. The van der Waals surface area contributed by atoms with Crippen molar-refractivity contribution in [3.63, 3.8) is 0 Å². The molecule has 0 saturated carbocycles. The number of halogens is 1. The zero-order valence-corrected chi connectivity index (χ0v) is 18.5. The maximum atomic E-state index is 12.8. The van der Waals surface area contributed by atoms with Crippen LogP contribution in [0.1, 0.15) is 10.4 Å². The Morgan fingerprint density at radius 2 is 1.44 bits per heavy atom. The Balaban J connectivity index is 1.32. The van der Waals surface area contributed by atoms with Crippen LogP contribution in [0.4, 0.5) is 11.4 Å². The molecule has 4 aromatic carbocycles. The summed E-state index contributed by atoms with van der Waals surface area (Å²) in [6.45, 7) is 0. The summed E-state index contributed by atoms with van der Waals surface area (Å²) in [5, 5.41) is 4.50. The van der Waals surface area contributed by atoms with Gasteiger partial charge in [0, 0.05) is 11.1 Å². The van der Waals surface area contributed by atoms with Crippen LogP contribution in [0.15, 0.2) is 108 Å². The average Bonchev–Trinajstić information content (AvgIpc) is 3.08. The first-order valence-corrected chi connectivity index (χ1v) is 10.8. The lowest BCUT2D eigenvalue weighted by molar-refractivity contribution is -0.120. The quantitative estimate of drug-likeness (QED) is 0.238. The number of amides is 2. The number of ether oxygens (including phenoxy) is 1. The molecule has 0 unspecified atom stereocenters. The maximum Gasteiger partial charge on any atom is 0.343 e. The molecule has 2 amide bonds. The first kappa shape index (κ1) is 21.4. The number of hydrogen-bond acceptors (Lipinski definition) is 5. The fourth-order valence-corrected chi connectivity index (χ4v) is 3.91. The van der Waals surface area contributed by atoms with Gasteiger partial charge in [-0.25, -0.2) is 9.69 Å². The van der Waals surface area contributed by atoms with Crippen molar-refractivity contribution in [2.45, 2.75) is 0 Å². The van der Waals surface area contributed by atoms with Crippen molar-refractivity contribution >= 4 is 51.5 Å². The number of nitrogens with zero attached hydrogens (tertiary/aromatic N) is 1. The highest BCUT2D eigenvalue weighted by molar-refractivity contribution is 6.53. The Labute approximate surface area is 200 Å². The topological polar surface area (TPSA) is 75.7 Å². The van der Waals surface area contributed by atoms with Crippen molar-refractivity contribution in [3.05, 3.63) is 113 Å². The first-order chi connectivity index (χ1) is 16.5. The predicted molar refractivity (Wildman–Crippen MR) is 131 cm³/mol. The molecule has 0 saturated heterocycles. The standard InChI is InChI=1S/C27H17ClN2O4/c28-23-24(26(32)30(25(23)31)20-9-2-1-3-10-20)29-19-15-13-18(14-16-19)27(33)34-22-12-6-8-17-7-4-5-11-21(17)22/h1-16,29H. The number of para-hydroxylation sites is 1. The highest BCUT2D eigenvalue weighted by Crippen LogP contribution is 2.30. The summed E-state index contributed by atoms with van der Waals surface area (Å²) in [4.78, 5) is 39.1. The van der Waals surface area contributed by atoms with Crippen LogP contribution in [0.25, 0.3) is 10.8 Å². The Kier molecular flexibility index (Phi) is 5.57. The molecule has 1 aliphatic heterocycles. The number of rotatable bonds is 5. The number of hydrogen-bond donors (Lipinski definition) is 1. The lowest BCUT2D eigenvalue weighted by Crippen LogP contribution is -2.32. The Morgan fingerprint density at radius 1 is 0.765 bits per heavy atom. The van der Waals surface area contributed by atoms with E-state index in [0.717, 1.165) is 15.7 Å². The summed E-state index contributed by atoms with van der Waals surface area (Å²) < 4.78 is 5.60. The third-order valence-corrected chi connectivity index (χ3v) is 5.73. The average molecular weight is 469 g/mol. The van der Waals surface area contributed by atoms with Crippen molar-refractivity contribution in [1.82, 2.24) is 0 Å². The highest BCUT2D eigenvalue weighted by atomic mass is 35.5. The fraction of sp³-hybridized carbons (Fsp3) is 0. The molecule has 0 aromatic heterocycles. The minimum atomic E-state index is -0.601. The van der Waals surface area contributed by atoms with Gasteiger partial charge in [-0.2, -0.15) is 0 Å². The molecule has 1 heterocycles. The van der Waals surface area contributed by atoms with E-state index < -0.39 is 17.8 Å². The monoisotopic (exact) mass is 468 g/mol. The van der Waals surface area contributed by atoms with Crippen LogP contribution in [0.5, 0.6) is 5.75 Å². The molecule has 0 bridgehead atoms. The molecule has 34 heavy (non-hydrogen) atoms. The number of anilines is 2. The number of benzene rings is 4. The molecule has 6 nitrogen and oxygen atoms in total. The zero-order chi connectivity index (χ0) is 23.7. The summed E-state index contributed by atoms with van der Waals surface area (Å²) in [5.41, 5.74) is 1.23. The van der Waals surface area contributed by atoms with Crippen molar-refractivity contribution < 1.29 is 19.1 Å². The summed E-state index contributed by atoms with van der Waals surface area (Å²) in [6.07, 6.45) is 0.